The van der Waals surface area contributed by atoms with E-state index in [4.69, 9.17) is 0 Å². The molecule has 0 N–H and O–H groups in total. The number of rotatable bonds is 2. The number of aromatic nitrogens is 1. The summed E-state index contributed by atoms with van der Waals surface area (Å²) in [7, 11) is 0. The summed E-state index contributed by atoms with van der Waals surface area (Å²) in [5.41, 5.74) is -0.806. The molecular weight excluding hydrogens is 363 g/mol. The van der Waals surface area contributed by atoms with Crippen molar-refractivity contribution in [2.45, 2.75) is 45.7 Å². The van der Waals surface area contributed by atoms with E-state index in [0.29, 0.717) is 12.0 Å². The Balaban J connectivity index is 2.04. The summed E-state index contributed by atoms with van der Waals surface area (Å²) in [6.07, 6.45) is -3.75. The van der Waals surface area contributed by atoms with Gasteiger partial charge in [0.15, 0.2) is 5.78 Å². The van der Waals surface area contributed by atoms with Crippen molar-refractivity contribution >= 4 is 22.9 Å². The molecule has 0 saturated heterocycles. The molecule has 1 aliphatic carbocycles. The fourth-order valence-corrected chi connectivity index (χ4v) is 4.09. The van der Waals surface area contributed by atoms with E-state index in [1.807, 2.05) is 0 Å². The molecule has 1 aromatic carbocycles. The average molecular weight is 381 g/mol. The molecule has 0 amide bonds. The SMILES string of the molecule is Cc1ccc(-c2csc(C3C(=O)CCC(C)(C)C3=O)n2)c(C(F)(F)F)c1. The van der Waals surface area contributed by atoms with Crippen molar-refractivity contribution in [2.24, 2.45) is 5.41 Å². The van der Waals surface area contributed by atoms with Gasteiger partial charge in [-0.3, -0.25) is 9.59 Å². The molecule has 0 radical (unpaired) electrons. The largest absolute Gasteiger partial charge is 0.417 e. The van der Waals surface area contributed by atoms with E-state index in [9.17, 15) is 22.8 Å². The smallest absolute Gasteiger partial charge is 0.298 e. The van der Waals surface area contributed by atoms with Gasteiger partial charge in [-0.2, -0.15) is 13.2 Å². The van der Waals surface area contributed by atoms with Gasteiger partial charge in [-0.25, -0.2) is 4.98 Å². The molecule has 1 aromatic heterocycles. The maximum Gasteiger partial charge on any atom is 0.417 e. The summed E-state index contributed by atoms with van der Waals surface area (Å²) in [4.78, 5) is 29.2. The summed E-state index contributed by atoms with van der Waals surface area (Å²) in [6, 6.07) is 4.05. The Hall–Kier alpha value is -2.02. The first-order valence-corrected chi connectivity index (χ1v) is 9.09. The first-order chi connectivity index (χ1) is 12.0. The Bertz CT molecular complexity index is 883. The van der Waals surface area contributed by atoms with Crippen LogP contribution in [-0.4, -0.2) is 16.6 Å². The van der Waals surface area contributed by atoms with Crippen LogP contribution in [0.3, 0.4) is 0 Å². The van der Waals surface area contributed by atoms with Crippen LogP contribution >= 0.6 is 11.3 Å². The van der Waals surface area contributed by atoms with Crippen molar-refractivity contribution in [2.75, 3.05) is 0 Å². The molecule has 1 unspecified atom stereocenters. The first-order valence-electron chi connectivity index (χ1n) is 8.21. The quantitative estimate of drug-likeness (QED) is 0.674. The highest BCUT2D eigenvalue weighted by atomic mass is 32.1. The van der Waals surface area contributed by atoms with Crippen molar-refractivity contribution in [3.63, 3.8) is 0 Å². The van der Waals surface area contributed by atoms with Gasteiger partial charge in [0.05, 0.1) is 11.3 Å². The maximum absolute atomic E-state index is 13.4. The van der Waals surface area contributed by atoms with Gasteiger partial charge < -0.3 is 0 Å². The zero-order chi connectivity index (χ0) is 19.3. The lowest BCUT2D eigenvalue weighted by molar-refractivity contribution is -0.139. The molecule has 1 heterocycles. The van der Waals surface area contributed by atoms with E-state index in [2.05, 4.69) is 4.98 Å². The third kappa shape index (κ3) is 3.32. The van der Waals surface area contributed by atoms with Gasteiger partial charge in [0.1, 0.15) is 16.7 Å². The first kappa shape index (κ1) is 18.8. The van der Waals surface area contributed by atoms with Crippen LogP contribution in [0.1, 0.15) is 48.7 Å². The Labute approximate surface area is 153 Å². The zero-order valence-corrected chi connectivity index (χ0v) is 15.4. The number of hydrogen-bond acceptors (Lipinski definition) is 4. The second-order valence-electron chi connectivity index (χ2n) is 7.27. The van der Waals surface area contributed by atoms with Crippen LogP contribution in [0.4, 0.5) is 13.2 Å². The number of carbonyl (C=O) groups is 2. The van der Waals surface area contributed by atoms with Gasteiger partial charge in [-0.05, 0) is 19.4 Å². The molecular formula is C19H18F3NO2S. The molecule has 2 aromatic rings. The molecule has 26 heavy (non-hydrogen) atoms. The van der Waals surface area contributed by atoms with Crippen molar-refractivity contribution in [1.29, 1.82) is 0 Å². The lowest BCUT2D eigenvalue weighted by Crippen LogP contribution is -2.39. The fourth-order valence-electron chi connectivity index (χ4n) is 3.15. The van der Waals surface area contributed by atoms with E-state index in [0.717, 1.165) is 17.4 Å². The van der Waals surface area contributed by atoms with E-state index in [1.54, 1.807) is 26.8 Å². The number of nitrogens with zero attached hydrogens (tertiary/aromatic N) is 1. The summed E-state index contributed by atoms with van der Waals surface area (Å²) in [5.74, 6) is -1.40. The van der Waals surface area contributed by atoms with Crippen molar-refractivity contribution < 1.29 is 22.8 Å². The highest BCUT2D eigenvalue weighted by Crippen LogP contribution is 2.42. The van der Waals surface area contributed by atoms with Crippen LogP contribution in [0.2, 0.25) is 0 Å². The summed E-state index contributed by atoms with van der Waals surface area (Å²) in [6.45, 7) is 5.16. The Kier molecular flexibility index (Phi) is 4.55. The van der Waals surface area contributed by atoms with E-state index in [1.165, 1.54) is 11.4 Å². The Morgan fingerprint density at radius 2 is 1.92 bits per heavy atom. The summed E-state index contributed by atoms with van der Waals surface area (Å²) >= 11 is 1.06. The number of carbonyl (C=O) groups excluding carboxylic acids is 2. The molecule has 3 rings (SSSR count). The minimum atomic E-state index is -4.51. The van der Waals surface area contributed by atoms with Crippen LogP contribution in [-0.2, 0) is 15.8 Å². The van der Waals surface area contributed by atoms with Gasteiger partial charge >= 0.3 is 6.18 Å². The van der Waals surface area contributed by atoms with E-state index in [-0.39, 0.29) is 34.3 Å². The van der Waals surface area contributed by atoms with Crippen LogP contribution in [0.25, 0.3) is 11.3 Å². The van der Waals surface area contributed by atoms with E-state index >= 15 is 0 Å². The predicted octanol–water partition coefficient (Wildman–Crippen LogP) is 5.18. The maximum atomic E-state index is 13.4. The molecule has 0 spiro atoms. The van der Waals surface area contributed by atoms with Crippen LogP contribution < -0.4 is 0 Å². The third-order valence-electron chi connectivity index (χ3n) is 4.77. The molecule has 1 saturated carbocycles. The molecule has 0 bridgehead atoms. The van der Waals surface area contributed by atoms with Crippen molar-refractivity contribution in [3.8, 4) is 11.3 Å². The van der Waals surface area contributed by atoms with Crippen molar-refractivity contribution in [1.82, 2.24) is 4.98 Å². The summed E-state index contributed by atoms with van der Waals surface area (Å²) in [5, 5.41) is 1.76. The number of halogens is 3. The van der Waals surface area contributed by atoms with Gasteiger partial charge in [-0.1, -0.05) is 31.5 Å². The van der Waals surface area contributed by atoms with Gasteiger partial charge in [-0.15, -0.1) is 11.3 Å². The zero-order valence-electron chi connectivity index (χ0n) is 14.6. The predicted molar refractivity (Wildman–Crippen MR) is 93.1 cm³/mol. The number of Topliss-reactive ketones (excluding diaryl/α,β-unsaturated/α-hetero) is 2. The van der Waals surface area contributed by atoms with Gasteiger partial charge in [0, 0.05) is 22.8 Å². The summed E-state index contributed by atoms with van der Waals surface area (Å²) < 4.78 is 40.1. The number of alkyl halides is 3. The number of benzene rings is 1. The number of thiazole rings is 1. The third-order valence-corrected chi connectivity index (χ3v) is 5.68. The molecule has 3 nitrogen and oxygen atoms in total. The van der Waals surface area contributed by atoms with Gasteiger partial charge in [0.25, 0.3) is 0 Å². The lowest BCUT2D eigenvalue weighted by Gasteiger charge is -2.31. The van der Waals surface area contributed by atoms with Crippen LogP contribution in [0, 0.1) is 12.3 Å². The second kappa shape index (κ2) is 6.30. The molecule has 1 aliphatic rings. The topological polar surface area (TPSA) is 47.0 Å². The average Bonchev–Trinajstić information content (AvgIpc) is 3.00. The number of aryl methyl sites for hydroxylation is 1. The molecule has 7 heteroatoms. The number of ketones is 2. The molecule has 138 valence electrons. The molecule has 1 fully saturated rings. The van der Waals surface area contributed by atoms with Gasteiger partial charge in [0.2, 0.25) is 0 Å². The highest BCUT2D eigenvalue weighted by molar-refractivity contribution is 7.10. The minimum absolute atomic E-state index is 0.0411. The van der Waals surface area contributed by atoms with Crippen LogP contribution in [0.15, 0.2) is 23.6 Å². The normalized spacial score (nSPS) is 20.5. The molecule has 1 atom stereocenters. The number of hydrogen-bond donors (Lipinski definition) is 0. The molecule has 0 aliphatic heterocycles. The van der Waals surface area contributed by atoms with Crippen molar-refractivity contribution in [3.05, 3.63) is 39.7 Å². The Morgan fingerprint density at radius 3 is 2.58 bits per heavy atom. The minimum Gasteiger partial charge on any atom is -0.298 e. The fraction of sp³-hybridized carbons (Fsp3) is 0.421. The standard InChI is InChI=1S/C19H18F3NO2S/c1-10-4-5-11(12(8-10)19(20,21)22)13-9-26-17(23-13)15-14(24)6-7-18(2,3)16(15)25/h4-5,8-9,15H,6-7H2,1-3H3. The second-order valence-corrected chi connectivity index (χ2v) is 8.15. The Morgan fingerprint density at radius 1 is 1.23 bits per heavy atom. The monoisotopic (exact) mass is 381 g/mol. The highest BCUT2D eigenvalue weighted by Gasteiger charge is 2.44. The lowest BCUT2D eigenvalue weighted by atomic mass is 9.70. The van der Waals surface area contributed by atoms with Crippen LogP contribution in [0.5, 0.6) is 0 Å². The van der Waals surface area contributed by atoms with E-state index < -0.39 is 23.1 Å².